The Labute approximate surface area is 143 Å². The topological polar surface area (TPSA) is 86.7 Å². The van der Waals surface area contributed by atoms with Crippen molar-refractivity contribution in [1.29, 1.82) is 0 Å². The van der Waals surface area contributed by atoms with Crippen LogP contribution >= 0.6 is 0 Å². The SMILES string of the molecule is Fc1ccc(-c2nccc(N3CCN(Cc4ncn[nH]4)CC3)n2)nc1. The zero-order valence-electron chi connectivity index (χ0n) is 13.5. The molecule has 0 aliphatic carbocycles. The highest BCUT2D eigenvalue weighted by Crippen LogP contribution is 2.18. The van der Waals surface area contributed by atoms with Gasteiger partial charge in [-0.3, -0.25) is 10.00 Å². The summed E-state index contributed by atoms with van der Waals surface area (Å²) in [6, 6.07) is 4.84. The fraction of sp³-hybridized carbons (Fsp3) is 0.312. The maximum absolute atomic E-state index is 13.0. The molecule has 0 bridgehead atoms. The second-order valence-electron chi connectivity index (χ2n) is 5.80. The molecule has 0 saturated carbocycles. The normalized spacial score (nSPS) is 15.5. The van der Waals surface area contributed by atoms with Crippen LogP contribution in [0.3, 0.4) is 0 Å². The van der Waals surface area contributed by atoms with E-state index in [9.17, 15) is 4.39 Å². The summed E-state index contributed by atoms with van der Waals surface area (Å²) in [5.41, 5.74) is 0.562. The molecule has 4 heterocycles. The predicted molar refractivity (Wildman–Crippen MR) is 89.1 cm³/mol. The Hall–Kier alpha value is -2.94. The van der Waals surface area contributed by atoms with Gasteiger partial charge < -0.3 is 4.90 Å². The first-order valence-electron chi connectivity index (χ1n) is 8.04. The molecular weight excluding hydrogens is 323 g/mol. The number of aromatic amines is 1. The Morgan fingerprint density at radius 3 is 2.64 bits per heavy atom. The lowest BCUT2D eigenvalue weighted by Crippen LogP contribution is -2.46. The highest BCUT2D eigenvalue weighted by Gasteiger charge is 2.19. The smallest absolute Gasteiger partial charge is 0.180 e. The van der Waals surface area contributed by atoms with E-state index in [-0.39, 0.29) is 5.82 Å². The zero-order valence-corrected chi connectivity index (χ0v) is 13.5. The van der Waals surface area contributed by atoms with E-state index < -0.39 is 0 Å². The lowest BCUT2D eigenvalue weighted by atomic mass is 10.3. The molecule has 0 atom stereocenters. The van der Waals surface area contributed by atoms with E-state index in [1.54, 1.807) is 12.3 Å². The third kappa shape index (κ3) is 3.61. The Morgan fingerprint density at radius 2 is 1.92 bits per heavy atom. The molecule has 0 spiro atoms. The maximum Gasteiger partial charge on any atom is 0.180 e. The van der Waals surface area contributed by atoms with Gasteiger partial charge in [0.05, 0.1) is 12.7 Å². The molecule has 8 nitrogen and oxygen atoms in total. The maximum atomic E-state index is 13.0. The summed E-state index contributed by atoms with van der Waals surface area (Å²) >= 11 is 0. The van der Waals surface area contributed by atoms with Gasteiger partial charge in [-0.05, 0) is 18.2 Å². The van der Waals surface area contributed by atoms with Gasteiger partial charge in [0.2, 0.25) is 0 Å². The number of piperazine rings is 1. The van der Waals surface area contributed by atoms with Gasteiger partial charge in [-0.15, -0.1) is 0 Å². The lowest BCUT2D eigenvalue weighted by molar-refractivity contribution is 0.244. The van der Waals surface area contributed by atoms with E-state index >= 15 is 0 Å². The van der Waals surface area contributed by atoms with Crippen molar-refractivity contribution in [1.82, 2.24) is 35.0 Å². The second-order valence-corrected chi connectivity index (χ2v) is 5.80. The summed E-state index contributed by atoms with van der Waals surface area (Å²) in [6.07, 6.45) is 4.41. The summed E-state index contributed by atoms with van der Waals surface area (Å²) in [5.74, 6) is 1.86. The molecule has 1 aliphatic heterocycles. The van der Waals surface area contributed by atoms with Gasteiger partial charge in [-0.1, -0.05) is 0 Å². The summed E-state index contributed by atoms with van der Waals surface area (Å²) in [4.78, 5) is 21.6. The van der Waals surface area contributed by atoms with Crippen molar-refractivity contribution in [3.63, 3.8) is 0 Å². The monoisotopic (exact) mass is 340 g/mol. The number of hydrogen-bond acceptors (Lipinski definition) is 7. The van der Waals surface area contributed by atoms with Crippen LogP contribution in [0.25, 0.3) is 11.5 Å². The van der Waals surface area contributed by atoms with Crippen molar-refractivity contribution in [3.8, 4) is 11.5 Å². The standard InChI is InChI=1S/C16H17FN8/c17-12-1-2-13(19-9-12)16-18-4-3-15(22-16)25-7-5-24(6-8-25)10-14-20-11-21-23-14/h1-4,9,11H,5-8,10H2,(H,20,21,23). The van der Waals surface area contributed by atoms with E-state index in [0.717, 1.165) is 44.4 Å². The number of aromatic nitrogens is 6. The van der Waals surface area contributed by atoms with Crippen LogP contribution in [0, 0.1) is 5.82 Å². The zero-order chi connectivity index (χ0) is 17.1. The van der Waals surface area contributed by atoms with Gasteiger partial charge >= 0.3 is 0 Å². The van der Waals surface area contributed by atoms with E-state index in [4.69, 9.17) is 0 Å². The Morgan fingerprint density at radius 1 is 1.04 bits per heavy atom. The van der Waals surface area contributed by atoms with Crippen LogP contribution in [0.2, 0.25) is 0 Å². The molecule has 0 unspecified atom stereocenters. The van der Waals surface area contributed by atoms with Gasteiger partial charge in [-0.2, -0.15) is 5.10 Å². The minimum atomic E-state index is -0.372. The molecule has 1 saturated heterocycles. The molecule has 1 N–H and O–H groups in total. The minimum Gasteiger partial charge on any atom is -0.354 e. The van der Waals surface area contributed by atoms with Gasteiger partial charge in [0.1, 0.15) is 29.5 Å². The summed E-state index contributed by atoms with van der Waals surface area (Å²) in [6.45, 7) is 4.31. The van der Waals surface area contributed by atoms with Crippen molar-refractivity contribution >= 4 is 5.82 Å². The molecule has 3 aromatic heterocycles. The molecule has 4 rings (SSSR count). The van der Waals surface area contributed by atoms with Crippen LogP contribution in [0.5, 0.6) is 0 Å². The predicted octanol–water partition coefficient (Wildman–Crippen LogP) is 1.12. The number of nitrogens with one attached hydrogen (secondary N) is 1. The molecule has 0 aromatic carbocycles. The van der Waals surface area contributed by atoms with Crippen LogP contribution in [0.1, 0.15) is 5.82 Å². The minimum absolute atomic E-state index is 0.372. The number of halogens is 1. The molecule has 0 amide bonds. The second kappa shape index (κ2) is 6.89. The first kappa shape index (κ1) is 15.6. The lowest BCUT2D eigenvalue weighted by Gasteiger charge is -2.34. The van der Waals surface area contributed by atoms with Crippen molar-refractivity contribution in [2.45, 2.75) is 6.54 Å². The van der Waals surface area contributed by atoms with Crippen LogP contribution in [-0.2, 0) is 6.54 Å². The van der Waals surface area contributed by atoms with Gasteiger partial charge in [0, 0.05) is 32.4 Å². The number of H-pyrrole nitrogens is 1. The molecule has 1 aliphatic rings. The first-order valence-corrected chi connectivity index (χ1v) is 8.04. The molecule has 3 aromatic rings. The van der Waals surface area contributed by atoms with Crippen LogP contribution in [0.4, 0.5) is 10.2 Å². The molecule has 9 heteroatoms. The first-order chi connectivity index (χ1) is 12.3. The van der Waals surface area contributed by atoms with E-state index in [1.807, 2.05) is 6.07 Å². The third-order valence-corrected chi connectivity index (χ3v) is 4.13. The Balaban J connectivity index is 1.43. The number of pyridine rings is 1. The summed E-state index contributed by atoms with van der Waals surface area (Å²) in [7, 11) is 0. The van der Waals surface area contributed by atoms with Crippen molar-refractivity contribution < 1.29 is 4.39 Å². The van der Waals surface area contributed by atoms with Gasteiger partial charge in [-0.25, -0.2) is 24.3 Å². The fourth-order valence-electron chi connectivity index (χ4n) is 2.81. The van der Waals surface area contributed by atoms with Crippen LogP contribution in [0.15, 0.2) is 36.9 Å². The molecule has 0 radical (unpaired) electrons. The highest BCUT2D eigenvalue weighted by atomic mass is 19.1. The van der Waals surface area contributed by atoms with Crippen LogP contribution < -0.4 is 4.90 Å². The Kier molecular flexibility index (Phi) is 4.30. The average molecular weight is 340 g/mol. The highest BCUT2D eigenvalue weighted by molar-refractivity contribution is 5.52. The van der Waals surface area contributed by atoms with Gasteiger partial charge in [0.15, 0.2) is 5.82 Å². The van der Waals surface area contributed by atoms with Crippen molar-refractivity contribution in [2.24, 2.45) is 0 Å². The van der Waals surface area contributed by atoms with Crippen molar-refractivity contribution in [3.05, 3.63) is 48.6 Å². The van der Waals surface area contributed by atoms with Crippen molar-refractivity contribution in [2.75, 3.05) is 31.1 Å². The summed E-state index contributed by atoms with van der Waals surface area (Å²) in [5, 5.41) is 6.76. The number of hydrogen-bond donors (Lipinski definition) is 1. The molecular formula is C16H17FN8. The largest absolute Gasteiger partial charge is 0.354 e. The number of rotatable bonds is 4. The molecule has 25 heavy (non-hydrogen) atoms. The molecule has 128 valence electrons. The van der Waals surface area contributed by atoms with E-state index in [2.05, 4.69) is 39.9 Å². The quantitative estimate of drug-likeness (QED) is 0.761. The fourth-order valence-corrected chi connectivity index (χ4v) is 2.81. The Bertz CT molecular complexity index is 812. The van der Waals surface area contributed by atoms with E-state index in [1.165, 1.54) is 18.6 Å². The number of anilines is 1. The van der Waals surface area contributed by atoms with Gasteiger partial charge in [0.25, 0.3) is 0 Å². The average Bonchev–Trinajstić information content (AvgIpc) is 3.16. The molecule has 1 fully saturated rings. The number of nitrogens with zero attached hydrogens (tertiary/aromatic N) is 7. The van der Waals surface area contributed by atoms with E-state index in [0.29, 0.717) is 11.5 Å². The van der Waals surface area contributed by atoms with Crippen LogP contribution in [-0.4, -0.2) is 61.2 Å². The third-order valence-electron chi connectivity index (χ3n) is 4.13. The summed E-state index contributed by atoms with van der Waals surface area (Å²) < 4.78 is 13.0.